The fourth-order valence-electron chi connectivity index (χ4n) is 3.23. The maximum Gasteiger partial charge on any atom is 0.275 e. The molecule has 0 bridgehead atoms. The summed E-state index contributed by atoms with van der Waals surface area (Å²) < 4.78 is 24.6. The molecule has 2 saturated heterocycles. The van der Waals surface area contributed by atoms with Crippen LogP contribution in [-0.2, 0) is 9.47 Å². The summed E-state index contributed by atoms with van der Waals surface area (Å²) in [6.45, 7) is 2.80. The maximum absolute atomic E-state index is 13.2. The second-order valence-corrected chi connectivity index (χ2v) is 6.32. The Bertz CT molecular complexity index is 783. The van der Waals surface area contributed by atoms with Crippen molar-refractivity contribution >= 4 is 17.4 Å². The third-order valence-electron chi connectivity index (χ3n) is 4.62. The molecule has 0 radical (unpaired) electrons. The number of ether oxygens (including phenoxy) is 2. The van der Waals surface area contributed by atoms with E-state index in [1.165, 1.54) is 24.4 Å². The molecule has 8 heteroatoms. The van der Waals surface area contributed by atoms with Crippen LogP contribution >= 0.6 is 0 Å². The van der Waals surface area contributed by atoms with Gasteiger partial charge < -0.3 is 19.7 Å². The standard InChI is InChI=1S/C18H19FN4O3/c19-13-2-1-3-14(10-13)22-17(24)15-11-21-16(12-20-15)23-6-4-18(5-7-23)25-8-9-26-18/h1-3,10-12H,4-9H2,(H,22,24). The summed E-state index contributed by atoms with van der Waals surface area (Å²) in [6.07, 6.45) is 4.55. The first kappa shape index (κ1) is 16.9. The van der Waals surface area contributed by atoms with E-state index >= 15 is 0 Å². The lowest BCUT2D eigenvalue weighted by molar-refractivity contribution is -0.169. The number of anilines is 2. The molecule has 7 nitrogen and oxygen atoms in total. The Kier molecular flexibility index (Phi) is 4.52. The number of piperidine rings is 1. The lowest BCUT2D eigenvalue weighted by Crippen LogP contribution is -2.45. The molecule has 4 rings (SSSR count). The highest BCUT2D eigenvalue weighted by Gasteiger charge is 2.40. The highest BCUT2D eigenvalue weighted by atomic mass is 19.1. The van der Waals surface area contributed by atoms with E-state index in [-0.39, 0.29) is 5.69 Å². The minimum atomic E-state index is -0.436. The number of benzene rings is 1. The zero-order valence-electron chi connectivity index (χ0n) is 14.2. The van der Waals surface area contributed by atoms with Gasteiger partial charge in [-0.3, -0.25) is 4.79 Å². The summed E-state index contributed by atoms with van der Waals surface area (Å²) >= 11 is 0. The highest BCUT2D eigenvalue weighted by molar-refractivity contribution is 6.02. The molecule has 2 aliphatic heterocycles. The van der Waals surface area contributed by atoms with Gasteiger partial charge in [0.25, 0.3) is 5.91 Å². The molecule has 0 saturated carbocycles. The average molecular weight is 358 g/mol. The van der Waals surface area contributed by atoms with Crippen molar-refractivity contribution in [1.29, 1.82) is 0 Å². The second-order valence-electron chi connectivity index (χ2n) is 6.32. The van der Waals surface area contributed by atoms with E-state index in [0.29, 0.717) is 24.7 Å². The molecule has 0 unspecified atom stereocenters. The molecule has 1 spiro atoms. The van der Waals surface area contributed by atoms with E-state index in [1.54, 1.807) is 12.3 Å². The fraction of sp³-hybridized carbons (Fsp3) is 0.389. The molecular weight excluding hydrogens is 339 g/mol. The molecule has 26 heavy (non-hydrogen) atoms. The van der Waals surface area contributed by atoms with Gasteiger partial charge in [0.1, 0.15) is 17.3 Å². The highest BCUT2D eigenvalue weighted by Crippen LogP contribution is 2.32. The van der Waals surface area contributed by atoms with Crippen LogP contribution < -0.4 is 10.2 Å². The van der Waals surface area contributed by atoms with Gasteiger partial charge in [-0.1, -0.05) is 6.07 Å². The summed E-state index contributed by atoms with van der Waals surface area (Å²) in [5.74, 6) is -0.572. The van der Waals surface area contributed by atoms with E-state index in [4.69, 9.17) is 9.47 Å². The minimum Gasteiger partial charge on any atom is -0.355 e. The largest absolute Gasteiger partial charge is 0.355 e. The number of aromatic nitrogens is 2. The van der Waals surface area contributed by atoms with Crippen LogP contribution in [0.2, 0.25) is 0 Å². The Morgan fingerprint density at radius 2 is 1.92 bits per heavy atom. The van der Waals surface area contributed by atoms with Crippen LogP contribution in [0.4, 0.5) is 15.9 Å². The Hall–Kier alpha value is -2.58. The Morgan fingerprint density at radius 1 is 1.15 bits per heavy atom. The van der Waals surface area contributed by atoms with Gasteiger partial charge in [0.05, 0.1) is 25.6 Å². The molecule has 3 heterocycles. The number of hydrogen-bond donors (Lipinski definition) is 1. The number of rotatable bonds is 3. The van der Waals surface area contributed by atoms with Crippen LogP contribution in [0.3, 0.4) is 0 Å². The van der Waals surface area contributed by atoms with Crippen LogP contribution in [0, 0.1) is 5.82 Å². The minimum absolute atomic E-state index is 0.175. The van der Waals surface area contributed by atoms with Crippen molar-refractivity contribution in [2.45, 2.75) is 18.6 Å². The van der Waals surface area contributed by atoms with Gasteiger partial charge in [0, 0.05) is 31.6 Å². The normalized spacial score (nSPS) is 18.9. The SMILES string of the molecule is O=C(Nc1cccc(F)c1)c1cnc(N2CCC3(CC2)OCCO3)cn1. The molecule has 1 aromatic carbocycles. The molecule has 1 aromatic heterocycles. The molecule has 2 fully saturated rings. The maximum atomic E-state index is 13.2. The second kappa shape index (κ2) is 6.97. The first-order valence-corrected chi connectivity index (χ1v) is 8.55. The van der Waals surface area contributed by atoms with Crippen LogP contribution in [0.1, 0.15) is 23.3 Å². The van der Waals surface area contributed by atoms with E-state index in [0.717, 1.165) is 25.9 Å². The van der Waals surface area contributed by atoms with Crippen molar-refractivity contribution in [3.05, 3.63) is 48.2 Å². The summed E-state index contributed by atoms with van der Waals surface area (Å²) in [5, 5.41) is 2.60. The average Bonchev–Trinajstić information content (AvgIpc) is 3.11. The topological polar surface area (TPSA) is 76.6 Å². The zero-order valence-corrected chi connectivity index (χ0v) is 14.2. The lowest BCUT2D eigenvalue weighted by Gasteiger charge is -2.37. The first-order valence-electron chi connectivity index (χ1n) is 8.55. The molecule has 2 aromatic rings. The summed E-state index contributed by atoms with van der Waals surface area (Å²) in [6, 6.07) is 5.70. The summed E-state index contributed by atoms with van der Waals surface area (Å²) in [5.41, 5.74) is 0.549. The third-order valence-corrected chi connectivity index (χ3v) is 4.62. The predicted molar refractivity (Wildman–Crippen MR) is 92.5 cm³/mol. The lowest BCUT2D eigenvalue weighted by atomic mass is 10.0. The molecule has 2 aliphatic rings. The monoisotopic (exact) mass is 358 g/mol. The van der Waals surface area contributed by atoms with Crippen molar-refractivity contribution in [3.63, 3.8) is 0 Å². The number of hydrogen-bond acceptors (Lipinski definition) is 6. The van der Waals surface area contributed by atoms with E-state index in [9.17, 15) is 9.18 Å². The van der Waals surface area contributed by atoms with Crippen molar-refractivity contribution in [3.8, 4) is 0 Å². The van der Waals surface area contributed by atoms with Gasteiger partial charge >= 0.3 is 0 Å². The number of amides is 1. The van der Waals surface area contributed by atoms with E-state index < -0.39 is 17.5 Å². The van der Waals surface area contributed by atoms with Crippen molar-refractivity contribution < 1.29 is 18.7 Å². The van der Waals surface area contributed by atoms with Crippen molar-refractivity contribution in [1.82, 2.24) is 9.97 Å². The van der Waals surface area contributed by atoms with Gasteiger partial charge in [0.2, 0.25) is 0 Å². The van der Waals surface area contributed by atoms with Crippen LogP contribution in [0.15, 0.2) is 36.7 Å². The number of carbonyl (C=O) groups excluding carboxylic acids is 1. The van der Waals surface area contributed by atoms with Gasteiger partial charge in [-0.15, -0.1) is 0 Å². The van der Waals surface area contributed by atoms with Gasteiger partial charge in [-0.05, 0) is 18.2 Å². The van der Waals surface area contributed by atoms with Crippen LogP contribution in [-0.4, -0.2) is 48.0 Å². The number of halogens is 1. The molecule has 1 N–H and O–H groups in total. The van der Waals surface area contributed by atoms with Crippen LogP contribution in [0.25, 0.3) is 0 Å². The van der Waals surface area contributed by atoms with Crippen molar-refractivity contribution in [2.75, 3.05) is 36.5 Å². The number of nitrogens with one attached hydrogen (secondary N) is 1. The third kappa shape index (κ3) is 3.51. The van der Waals surface area contributed by atoms with Gasteiger partial charge in [-0.25, -0.2) is 14.4 Å². The van der Waals surface area contributed by atoms with Crippen molar-refractivity contribution in [2.24, 2.45) is 0 Å². The van der Waals surface area contributed by atoms with Gasteiger partial charge in [0.15, 0.2) is 5.79 Å². The van der Waals surface area contributed by atoms with E-state index in [2.05, 4.69) is 20.2 Å². The van der Waals surface area contributed by atoms with Gasteiger partial charge in [-0.2, -0.15) is 0 Å². The Balaban J connectivity index is 1.38. The Morgan fingerprint density at radius 3 is 2.58 bits per heavy atom. The fourth-order valence-corrected chi connectivity index (χ4v) is 3.23. The quantitative estimate of drug-likeness (QED) is 0.907. The van der Waals surface area contributed by atoms with Crippen LogP contribution in [0.5, 0.6) is 0 Å². The molecule has 1 amide bonds. The number of nitrogens with zero attached hydrogens (tertiary/aromatic N) is 3. The molecule has 0 aliphatic carbocycles. The zero-order chi connectivity index (χ0) is 18.0. The predicted octanol–water partition coefficient (Wildman–Crippen LogP) is 2.21. The first-order chi connectivity index (χ1) is 12.6. The molecule has 0 atom stereocenters. The number of carbonyl (C=O) groups is 1. The summed E-state index contributed by atoms with van der Waals surface area (Å²) in [7, 11) is 0. The Labute approximate surface area is 150 Å². The smallest absolute Gasteiger partial charge is 0.275 e. The van der Waals surface area contributed by atoms with E-state index in [1.807, 2.05) is 0 Å². The molecule has 136 valence electrons. The molecular formula is C18H19FN4O3. The summed E-state index contributed by atoms with van der Waals surface area (Å²) in [4.78, 5) is 22.8.